The first-order valence-electron chi connectivity index (χ1n) is 8.76. The third-order valence-corrected chi connectivity index (χ3v) is 4.65. The maximum atomic E-state index is 13.0. The van der Waals surface area contributed by atoms with Gasteiger partial charge in [-0.05, 0) is 37.6 Å². The monoisotopic (exact) mass is 342 g/mol. The van der Waals surface area contributed by atoms with Gasteiger partial charge in [-0.25, -0.2) is 0 Å². The summed E-state index contributed by atoms with van der Waals surface area (Å²) in [7, 11) is 0. The normalized spacial score (nSPS) is 20.8. The number of piperidine rings is 1. The van der Waals surface area contributed by atoms with Gasteiger partial charge in [-0.3, -0.25) is 9.59 Å². The Bertz CT molecular complexity index is 635. The molecule has 25 heavy (non-hydrogen) atoms. The molecule has 2 heterocycles. The van der Waals surface area contributed by atoms with Crippen LogP contribution >= 0.6 is 0 Å². The minimum absolute atomic E-state index is 0.00582. The van der Waals surface area contributed by atoms with Crippen molar-refractivity contribution in [3.05, 3.63) is 42.5 Å². The molecule has 1 aromatic rings. The highest BCUT2D eigenvalue weighted by molar-refractivity contribution is 6.08. The molecule has 2 aliphatic heterocycles. The zero-order chi connectivity index (χ0) is 17.6. The molecule has 0 spiro atoms. The molecule has 1 N–H and O–H groups in total. The zero-order valence-corrected chi connectivity index (χ0v) is 14.4. The highest BCUT2D eigenvalue weighted by Gasteiger charge is 2.30. The van der Waals surface area contributed by atoms with Crippen molar-refractivity contribution in [2.45, 2.75) is 18.9 Å². The van der Waals surface area contributed by atoms with Crippen molar-refractivity contribution < 1.29 is 14.3 Å². The Kier molecular flexibility index (Phi) is 5.83. The minimum Gasteiger partial charge on any atom is -0.378 e. The van der Waals surface area contributed by atoms with Crippen molar-refractivity contribution in [2.24, 2.45) is 0 Å². The fourth-order valence-electron chi connectivity index (χ4n) is 3.37. The van der Waals surface area contributed by atoms with E-state index >= 15 is 0 Å². The molecule has 0 aliphatic carbocycles. The van der Waals surface area contributed by atoms with Gasteiger partial charge in [-0.1, -0.05) is 18.7 Å². The van der Waals surface area contributed by atoms with Gasteiger partial charge in [-0.15, -0.1) is 0 Å². The molecule has 2 fully saturated rings. The van der Waals surface area contributed by atoms with Crippen molar-refractivity contribution in [2.75, 3.05) is 44.3 Å². The Morgan fingerprint density at radius 2 is 2.20 bits per heavy atom. The number of hydrogen-bond donors (Lipinski definition) is 1. The quantitative estimate of drug-likeness (QED) is 0.836. The molecule has 0 bridgehead atoms. The van der Waals surface area contributed by atoms with Gasteiger partial charge < -0.3 is 19.9 Å². The Morgan fingerprint density at radius 1 is 1.40 bits per heavy atom. The topological polar surface area (TPSA) is 61.9 Å². The molecule has 3 rings (SSSR count). The summed E-state index contributed by atoms with van der Waals surface area (Å²) in [5.41, 5.74) is 1.04. The summed E-state index contributed by atoms with van der Waals surface area (Å²) in [6.45, 7) is 7.48. The van der Waals surface area contributed by atoms with Crippen LogP contribution < -0.4 is 10.2 Å². The van der Waals surface area contributed by atoms with Crippen LogP contribution in [0.15, 0.2) is 30.9 Å². The number of anilines is 1. The number of morpholine rings is 1. The summed E-state index contributed by atoms with van der Waals surface area (Å²) < 4.78 is 5.32. The summed E-state index contributed by atoms with van der Waals surface area (Å²) >= 11 is 0. The predicted octanol–water partition coefficient (Wildman–Crippen LogP) is 1.23. The Morgan fingerprint density at radius 3 is 2.88 bits per heavy atom. The minimum atomic E-state index is -0.190. The van der Waals surface area contributed by atoms with Gasteiger partial charge in [0.25, 0.3) is 11.8 Å². The van der Waals surface area contributed by atoms with E-state index in [1.807, 2.05) is 12.1 Å². The van der Waals surface area contributed by atoms with E-state index < -0.39 is 0 Å². The van der Waals surface area contributed by atoms with E-state index in [1.165, 1.54) is 6.08 Å². The molecule has 133 valence electrons. The Balaban J connectivity index is 1.94. The summed E-state index contributed by atoms with van der Waals surface area (Å²) in [5, 5.41) is 3.33. The molecule has 6 nitrogen and oxygen atoms in total. The average Bonchev–Trinajstić information content (AvgIpc) is 2.69. The third-order valence-electron chi connectivity index (χ3n) is 4.65. The second-order valence-electron chi connectivity index (χ2n) is 6.25. The standard InChI is InChI=1S/C19H24N3O3/c1-2-18(23)22(15-6-5-9-20-14-15)17-8-4-3-7-16(17)19(24)21-10-12-25-13-11-21/h2-4,8,15,20H,1,5-6,9-14H2. The van der Waals surface area contributed by atoms with E-state index in [-0.39, 0.29) is 17.9 Å². The largest absolute Gasteiger partial charge is 0.378 e. The number of carbonyl (C=O) groups is 2. The summed E-state index contributed by atoms with van der Waals surface area (Å²) in [5.74, 6) is -0.297. The highest BCUT2D eigenvalue weighted by Crippen LogP contribution is 2.26. The molecule has 1 atom stereocenters. The van der Waals surface area contributed by atoms with Crippen LogP contribution in [0.5, 0.6) is 0 Å². The lowest BCUT2D eigenvalue weighted by Crippen LogP contribution is -2.49. The van der Waals surface area contributed by atoms with Gasteiger partial charge >= 0.3 is 0 Å². The van der Waals surface area contributed by atoms with Crippen LogP contribution in [0.1, 0.15) is 23.2 Å². The molecular weight excluding hydrogens is 318 g/mol. The predicted molar refractivity (Wildman–Crippen MR) is 95.6 cm³/mol. The molecule has 1 radical (unpaired) electrons. The van der Waals surface area contributed by atoms with E-state index in [4.69, 9.17) is 4.74 Å². The van der Waals surface area contributed by atoms with E-state index in [1.54, 1.807) is 15.9 Å². The van der Waals surface area contributed by atoms with Gasteiger partial charge in [0.2, 0.25) is 0 Å². The van der Waals surface area contributed by atoms with Crippen LogP contribution in [-0.2, 0) is 9.53 Å². The maximum Gasteiger partial charge on any atom is 0.256 e. The lowest BCUT2D eigenvalue weighted by molar-refractivity contribution is -0.114. The summed E-state index contributed by atoms with van der Waals surface area (Å²) in [6.07, 6.45) is 3.20. The highest BCUT2D eigenvalue weighted by atomic mass is 16.5. The van der Waals surface area contributed by atoms with Crippen molar-refractivity contribution in [1.29, 1.82) is 0 Å². The second-order valence-corrected chi connectivity index (χ2v) is 6.25. The van der Waals surface area contributed by atoms with Gasteiger partial charge in [0.1, 0.15) is 0 Å². The van der Waals surface area contributed by atoms with Gasteiger partial charge in [0.05, 0.1) is 24.5 Å². The number of amides is 2. The first kappa shape index (κ1) is 17.6. The molecular formula is C19H24N3O3. The Hall–Kier alpha value is -2.18. The first-order valence-corrected chi connectivity index (χ1v) is 8.76. The van der Waals surface area contributed by atoms with Gasteiger partial charge in [0.15, 0.2) is 0 Å². The summed E-state index contributed by atoms with van der Waals surface area (Å²) in [6, 6.07) is 8.40. The van der Waals surface area contributed by atoms with Crippen LogP contribution in [0.25, 0.3) is 0 Å². The second kappa shape index (κ2) is 8.27. The molecule has 0 saturated carbocycles. The lowest BCUT2D eigenvalue weighted by atomic mass is 10.0. The van der Waals surface area contributed by atoms with E-state index in [9.17, 15) is 9.59 Å². The molecule has 2 amide bonds. The van der Waals surface area contributed by atoms with Crippen LogP contribution in [0.3, 0.4) is 0 Å². The molecule has 2 saturated heterocycles. The van der Waals surface area contributed by atoms with Crippen LogP contribution in [0.2, 0.25) is 0 Å². The Labute approximate surface area is 148 Å². The molecule has 0 aromatic heterocycles. The molecule has 2 aliphatic rings. The van der Waals surface area contributed by atoms with Crippen LogP contribution in [0, 0.1) is 6.07 Å². The van der Waals surface area contributed by atoms with Crippen LogP contribution in [-0.4, -0.2) is 62.1 Å². The fraction of sp³-hybridized carbons (Fsp3) is 0.474. The lowest BCUT2D eigenvalue weighted by Gasteiger charge is -2.36. The number of hydrogen-bond acceptors (Lipinski definition) is 4. The average molecular weight is 342 g/mol. The van der Waals surface area contributed by atoms with E-state index in [2.05, 4.69) is 18.0 Å². The SMILES string of the molecule is C=CC(=O)N(c1ccc[c]c1C(=O)N1CCOCC1)C1CCCNC1. The van der Waals surface area contributed by atoms with Crippen molar-refractivity contribution in [3.63, 3.8) is 0 Å². The summed E-state index contributed by atoms with van der Waals surface area (Å²) in [4.78, 5) is 29.0. The van der Waals surface area contributed by atoms with E-state index in [0.29, 0.717) is 44.1 Å². The number of nitrogens with one attached hydrogen (secondary N) is 1. The number of ether oxygens (including phenoxy) is 1. The fourth-order valence-corrected chi connectivity index (χ4v) is 3.37. The number of rotatable bonds is 4. The van der Waals surface area contributed by atoms with Crippen molar-refractivity contribution in [1.82, 2.24) is 10.2 Å². The number of carbonyl (C=O) groups excluding carboxylic acids is 2. The van der Waals surface area contributed by atoms with Crippen molar-refractivity contribution in [3.8, 4) is 0 Å². The zero-order valence-electron chi connectivity index (χ0n) is 14.4. The first-order chi connectivity index (χ1) is 12.2. The van der Waals surface area contributed by atoms with E-state index in [0.717, 1.165) is 19.4 Å². The molecule has 1 aromatic carbocycles. The maximum absolute atomic E-state index is 13.0. The van der Waals surface area contributed by atoms with Gasteiger partial charge in [0, 0.05) is 25.7 Å². The number of benzene rings is 1. The van der Waals surface area contributed by atoms with Gasteiger partial charge in [-0.2, -0.15) is 0 Å². The van der Waals surface area contributed by atoms with Crippen molar-refractivity contribution >= 4 is 17.5 Å². The molecule has 6 heteroatoms. The molecule has 1 unspecified atom stereocenters. The third kappa shape index (κ3) is 3.91. The number of nitrogens with zero attached hydrogens (tertiary/aromatic N) is 2. The smallest absolute Gasteiger partial charge is 0.256 e. The van der Waals surface area contributed by atoms with Crippen LogP contribution in [0.4, 0.5) is 5.69 Å².